The van der Waals surface area contributed by atoms with Crippen LogP contribution in [0.4, 0.5) is 5.69 Å². The monoisotopic (exact) mass is 383 g/mol. The first-order valence-electron chi connectivity index (χ1n) is 9.08. The maximum absolute atomic E-state index is 12.7. The van der Waals surface area contributed by atoms with Gasteiger partial charge in [0.2, 0.25) is 11.2 Å². The van der Waals surface area contributed by atoms with Gasteiger partial charge in [0, 0.05) is 24.3 Å². The fourth-order valence-corrected chi connectivity index (χ4v) is 4.09. The summed E-state index contributed by atoms with van der Waals surface area (Å²) in [5, 5.41) is 20.4. The van der Waals surface area contributed by atoms with Crippen LogP contribution in [0.3, 0.4) is 0 Å². The lowest BCUT2D eigenvalue weighted by Crippen LogP contribution is -2.34. The highest BCUT2D eigenvalue weighted by Crippen LogP contribution is 2.34. The van der Waals surface area contributed by atoms with E-state index in [4.69, 9.17) is 4.42 Å². The SMILES string of the molecule is C[C@H]1CCCN(c2ccc(-c3oc4c(O)c(O)ccc4c(=O)c3P)cc2)C1. The molecule has 2 atom stereocenters. The van der Waals surface area contributed by atoms with Crippen molar-refractivity contribution >= 4 is 31.2 Å². The van der Waals surface area contributed by atoms with Crippen molar-refractivity contribution < 1.29 is 14.6 Å². The Morgan fingerprint density at radius 1 is 1.15 bits per heavy atom. The van der Waals surface area contributed by atoms with E-state index in [1.807, 2.05) is 24.3 Å². The van der Waals surface area contributed by atoms with Gasteiger partial charge < -0.3 is 19.5 Å². The molecule has 0 saturated carbocycles. The van der Waals surface area contributed by atoms with Gasteiger partial charge in [-0.2, -0.15) is 0 Å². The third-order valence-electron chi connectivity index (χ3n) is 5.20. The minimum atomic E-state index is -0.422. The summed E-state index contributed by atoms with van der Waals surface area (Å²) in [7, 11) is 2.43. The van der Waals surface area contributed by atoms with E-state index in [1.54, 1.807) is 0 Å². The van der Waals surface area contributed by atoms with Crippen molar-refractivity contribution in [2.24, 2.45) is 5.92 Å². The molecule has 0 aliphatic carbocycles. The number of hydrogen-bond acceptors (Lipinski definition) is 5. The summed E-state index contributed by atoms with van der Waals surface area (Å²) in [6.07, 6.45) is 2.46. The molecule has 0 amide bonds. The molecule has 2 N–H and O–H groups in total. The topological polar surface area (TPSA) is 73.9 Å². The average Bonchev–Trinajstić information content (AvgIpc) is 2.68. The molecular weight excluding hydrogens is 361 g/mol. The van der Waals surface area contributed by atoms with Crippen LogP contribution in [0.15, 0.2) is 45.6 Å². The maximum Gasteiger partial charge on any atom is 0.201 e. The molecule has 1 unspecified atom stereocenters. The largest absolute Gasteiger partial charge is 0.504 e. The van der Waals surface area contributed by atoms with Crippen LogP contribution in [0.25, 0.3) is 22.3 Å². The minimum absolute atomic E-state index is 0.00451. The number of hydrogen-bond donors (Lipinski definition) is 2. The summed E-state index contributed by atoms with van der Waals surface area (Å²) in [6, 6.07) is 10.6. The van der Waals surface area contributed by atoms with E-state index in [0.717, 1.165) is 24.3 Å². The van der Waals surface area contributed by atoms with E-state index in [0.29, 0.717) is 17.0 Å². The second-order valence-corrected chi connectivity index (χ2v) is 7.80. The molecule has 4 rings (SSSR count). The van der Waals surface area contributed by atoms with Crippen LogP contribution in [0.1, 0.15) is 19.8 Å². The number of nitrogens with zero attached hydrogens (tertiary/aromatic N) is 1. The normalized spacial score (nSPS) is 17.4. The molecular formula is C21H22NO4P. The molecule has 1 aliphatic heterocycles. The summed E-state index contributed by atoms with van der Waals surface area (Å²) in [5.74, 6) is 0.320. The van der Waals surface area contributed by atoms with Gasteiger partial charge in [0.1, 0.15) is 5.76 Å². The van der Waals surface area contributed by atoms with Gasteiger partial charge in [-0.15, -0.1) is 0 Å². The summed E-state index contributed by atoms with van der Waals surface area (Å²) in [5.41, 5.74) is 1.64. The van der Waals surface area contributed by atoms with Crippen LogP contribution in [0, 0.1) is 5.92 Å². The standard InChI is InChI=1S/C21H22NO4P/c1-12-3-2-10-22(11-12)14-6-4-13(5-7-14)19-21(27)17(24)15-8-9-16(23)18(25)20(15)26-19/h4-9,12,23,25H,2-3,10-11,27H2,1H3/t12-/m0/s1. The van der Waals surface area contributed by atoms with Gasteiger partial charge in [0.25, 0.3) is 0 Å². The number of fused-ring (bicyclic) bond motifs is 1. The summed E-state index contributed by atoms with van der Waals surface area (Å²) in [6.45, 7) is 4.37. The Balaban J connectivity index is 1.77. The van der Waals surface area contributed by atoms with Gasteiger partial charge in [0.15, 0.2) is 11.3 Å². The van der Waals surface area contributed by atoms with E-state index in [1.165, 1.54) is 25.0 Å². The Morgan fingerprint density at radius 2 is 1.89 bits per heavy atom. The number of aromatic hydroxyl groups is 2. The van der Waals surface area contributed by atoms with Crippen molar-refractivity contribution in [3.8, 4) is 22.8 Å². The van der Waals surface area contributed by atoms with E-state index >= 15 is 0 Å². The highest BCUT2D eigenvalue weighted by Gasteiger charge is 2.19. The zero-order valence-electron chi connectivity index (χ0n) is 15.1. The maximum atomic E-state index is 12.7. The minimum Gasteiger partial charge on any atom is -0.504 e. The van der Waals surface area contributed by atoms with Crippen molar-refractivity contribution in [1.82, 2.24) is 0 Å². The quantitative estimate of drug-likeness (QED) is 0.522. The number of anilines is 1. The predicted molar refractivity (Wildman–Crippen MR) is 111 cm³/mol. The fraction of sp³-hybridized carbons (Fsp3) is 0.286. The second kappa shape index (κ2) is 6.90. The molecule has 0 bridgehead atoms. The van der Waals surface area contributed by atoms with E-state index in [2.05, 4.69) is 21.1 Å². The van der Waals surface area contributed by atoms with Crippen LogP contribution in [0.2, 0.25) is 0 Å². The molecule has 27 heavy (non-hydrogen) atoms. The van der Waals surface area contributed by atoms with Crippen molar-refractivity contribution in [1.29, 1.82) is 0 Å². The molecule has 5 nitrogen and oxygen atoms in total. The van der Waals surface area contributed by atoms with E-state index in [9.17, 15) is 15.0 Å². The molecule has 6 heteroatoms. The van der Waals surface area contributed by atoms with Gasteiger partial charge in [-0.25, -0.2) is 0 Å². The molecule has 0 radical (unpaired) electrons. The first-order valence-corrected chi connectivity index (χ1v) is 9.66. The first kappa shape index (κ1) is 17.9. The number of benzene rings is 2. The Labute approximate surface area is 159 Å². The zero-order chi connectivity index (χ0) is 19.1. The van der Waals surface area contributed by atoms with Gasteiger partial charge in [-0.05, 0) is 55.2 Å². The lowest BCUT2D eigenvalue weighted by Gasteiger charge is -2.32. The molecule has 2 heterocycles. The van der Waals surface area contributed by atoms with Gasteiger partial charge in [0.05, 0.1) is 10.7 Å². The van der Waals surface area contributed by atoms with Gasteiger partial charge >= 0.3 is 0 Å². The van der Waals surface area contributed by atoms with Crippen molar-refractivity contribution in [3.05, 3.63) is 46.6 Å². The van der Waals surface area contributed by atoms with Crippen molar-refractivity contribution in [2.45, 2.75) is 19.8 Å². The number of rotatable bonds is 2. The molecule has 2 aromatic carbocycles. The Hall–Kier alpha value is -2.52. The summed E-state index contributed by atoms with van der Waals surface area (Å²) >= 11 is 0. The summed E-state index contributed by atoms with van der Waals surface area (Å²) < 4.78 is 5.83. The first-order chi connectivity index (χ1) is 13.0. The third-order valence-corrected chi connectivity index (χ3v) is 5.72. The molecule has 0 spiro atoms. The molecule has 1 fully saturated rings. The van der Waals surface area contributed by atoms with Crippen LogP contribution >= 0.6 is 9.24 Å². The lowest BCUT2D eigenvalue weighted by molar-refractivity contribution is 0.400. The van der Waals surface area contributed by atoms with E-state index in [-0.39, 0.29) is 22.1 Å². The molecule has 1 aromatic heterocycles. The lowest BCUT2D eigenvalue weighted by atomic mass is 9.99. The molecule has 3 aromatic rings. The smallest absolute Gasteiger partial charge is 0.201 e. The van der Waals surface area contributed by atoms with Crippen molar-refractivity contribution in [3.63, 3.8) is 0 Å². The highest BCUT2D eigenvalue weighted by molar-refractivity contribution is 7.27. The van der Waals surface area contributed by atoms with Crippen LogP contribution in [-0.4, -0.2) is 23.3 Å². The molecule has 1 aliphatic rings. The summed E-state index contributed by atoms with van der Waals surface area (Å²) in [4.78, 5) is 15.0. The van der Waals surface area contributed by atoms with Crippen LogP contribution in [0.5, 0.6) is 11.5 Å². The molecule has 140 valence electrons. The highest BCUT2D eigenvalue weighted by atomic mass is 31.0. The van der Waals surface area contributed by atoms with E-state index < -0.39 is 5.75 Å². The average molecular weight is 383 g/mol. The van der Waals surface area contributed by atoms with Crippen LogP contribution in [-0.2, 0) is 0 Å². The van der Waals surface area contributed by atoms with Gasteiger partial charge in [-0.3, -0.25) is 4.79 Å². The fourth-order valence-electron chi connectivity index (χ4n) is 3.71. The zero-order valence-corrected chi connectivity index (χ0v) is 16.3. The Morgan fingerprint density at radius 3 is 2.59 bits per heavy atom. The third kappa shape index (κ3) is 3.17. The Bertz CT molecular complexity index is 1060. The number of piperidine rings is 1. The van der Waals surface area contributed by atoms with Crippen LogP contribution < -0.4 is 15.6 Å². The van der Waals surface area contributed by atoms with Gasteiger partial charge in [-0.1, -0.05) is 16.2 Å². The molecule has 1 saturated heterocycles. The predicted octanol–water partition coefficient (Wildman–Crippen LogP) is 3.61. The number of phenolic OH excluding ortho intramolecular Hbond substituents is 2. The Kier molecular flexibility index (Phi) is 4.56. The number of phenols is 2. The van der Waals surface area contributed by atoms with Crippen molar-refractivity contribution in [2.75, 3.05) is 18.0 Å². The second-order valence-electron chi connectivity index (χ2n) is 7.22.